The van der Waals surface area contributed by atoms with Gasteiger partial charge >= 0.3 is 6.18 Å². The minimum absolute atomic E-state index is 0.0281. The Balaban J connectivity index is 1.59. The number of hydrogen-bond donors (Lipinski definition) is 0. The molecule has 2 aromatic carbocycles. The van der Waals surface area contributed by atoms with Crippen molar-refractivity contribution in [1.82, 2.24) is 14.5 Å². The summed E-state index contributed by atoms with van der Waals surface area (Å²) in [6.45, 7) is 6.18. The summed E-state index contributed by atoms with van der Waals surface area (Å²) in [5.41, 5.74) is 2.67. The summed E-state index contributed by atoms with van der Waals surface area (Å²) < 4.78 is 40.2. The van der Waals surface area contributed by atoms with Crippen LogP contribution in [-0.2, 0) is 32.2 Å². The molecule has 32 heavy (non-hydrogen) atoms. The van der Waals surface area contributed by atoms with E-state index < -0.39 is 11.7 Å². The van der Waals surface area contributed by atoms with Gasteiger partial charge in [0.1, 0.15) is 5.82 Å². The van der Waals surface area contributed by atoms with Gasteiger partial charge in [0.05, 0.1) is 23.4 Å². The minimum atomic E-state index is -4.34. The Morgan fingerprint density at radius 1 is 0.969 bits per heavy atom. The van der Waals surface area contributed by atoms with Gasteiger partial charge in [-0.1, -0.05) is 56.3 Å². The van der Waals surface area contributed by atoms with Crippen molar-refractivity contribution in [2.24, 2.45) is 0 Å². The normalized spacial score (nSPS) is 14.6. The molecule has 0 aliphatic carbocycles. The first-order valence-electron chi connectivity index (χ1n) is 10.8. The molecule has 0 radical (unpaired) electrons. The highest BCUT2D eigenvalue weighted by Crippen LogP contribution is 2.29. The summed E-state index contributed by atoms with van der Waals surface area (Å²) in [5.74, 6) is 0.899. The monoisotopic (exact) mass is 441 g/mol. The maximum atomic E-state index is 13.5. The predicted octanol–water partition coefficient (Wildman–Crippen LogP) is 4.99. The molecule has 1 aliphatic rings. The van der Waals surface area contributed by atoms with Crippen molar-refractivity contribution in [2.75, 3.05) is 6.54 Å². The number of rotatable bonds is 5. The summed E-state index contributed by atoms with van der Waals surface area (Å²) in [6, 6.07) is 15.1. The van der Waals surface area contributed by atoms with Crippen LogP contribution in [-0.4, -0.2) is 21.0 Å². The molecule has 0 spiro atoms. The van der Waals surface area contributed by atoms with Crippen LogP contribution in [0.15, 0.2) is 59.4 Å². The average molecular weight is 441 g/mol. The van der Waals surface area contributed by atoms with Gasteiger partial charge < -0.3 is 0 Å². The lowest BCUT2D eigenvalue weighted by atomic mass is 10.0. The quantitative estimate of drug-likeness (QED) is 0.560. The van der Waals surface area contributed by atoms with Gasteiger partial charge in [0.15, 0.2) is 0 Å². The molecule has 168 valence electrons. The van der Waals surface area contributed by atoms with E-state index in [0.29, 0.717) is 38.2 Å². The maximum absolute atomic E-state index is 13.5. The highest BCUT2D eigenvalue weighted by Gasteiger charge is 2.30. The first-order chi connectivity index (χ1) is 15.2. The second-order valence-corrected chi connectivity index (χ2v) is 8.58. The van der Waals surface area contributed by atoms with Gasteiger partial charge in [-0.05, 0) is 23.3 Å². The molecule has 2 heterocycles. The Kier molecular flexibility index (Phi) is 6.20. The SMILES string of the molecule is CC(C)c1nc2c(c(=O)n1Cc1ccccc1)CN(Cc1ccc(C(F)(F)F)cc1)CC2. The Labute approximate surface area is 185 Å². The third kappa shape index (κ3) is 4.78. The molecule has 1 aromatic heterocycles. The molecule has 7 heteroatoms. The fourth-order valence-corrected chi connectivity index (χ4v) is 4.14. The van der Waals surface area contributed by atoms with Crippen molar-refractivity contribution in [3.63, 3.8) is 0 Å². The van der Waals surface area contributed by atoms with Crippen molar-refractivity contribution in [2.45, 2.75) is 52.0 Å². The van der Waals surface area contributed by atoms with E-state index in [1.165, 1.54) is 12.1 Å². The van der Waals surface area contributed by atoms with Gasteiger partial charge in [-0.3, -0.25) is 14.3 Å². The molecule has 0 fully saturated rings. The van der Waals surface area contributed by atoms with Crippen molar-refractivity contribution < 1.29 is 13.2 Å². The lowest BCUT2D eigenvalue weighted by Gasteiger charge is -2.29. The number of nitrogens with zero attached hydrogens (tertiary/aromatic N) is 3. The van der Waals surface area contributed by atoms with Crippen molar-refractivity contribution >= 4 is 0 Å². The Morgan fingerprint density at radius 2 is 1.62 bits per heavy atom. The molecule has 0 saturated carbocycles. The largest absolute Gasteiger partial charge is 0.416 e. The molecule has 0 saturated heterocycles. The van der Waals surface area contributed by atoms with Crippen LogP contribution in [0.2, 0.25) is 0 Å². The van der Waals surface area contributed by atoms with E-state index in [4.69, 9.17) is 4.98 Å². The standard InChI is InChI=1S/C25H26F3N3O/c1-17(2)23-29-22-12-13-30(14-19-8-10-20(11-9-19)25(26,27)28)16-21(22)24(32)31(23)15-18-6-4-3-5-7-18/h3-11,17H,12-16H2,1-2H3. The second kappa shape index (κ2) is 8.90. The van der Waals surface area contributed by atoms with Crippen LogP contribution < -0.4 is 5.56 Å². The maximum Gasteiger partial charge on any atom is 0.416 e. The molecule has 1 aliphatic heterocycles. The van der Waals surface area contributed by atoms with Gasteiger partial charge in [0, 0.05) is 32.0 Å². The molecular formula is C25H26F3N3O. The second-order valence-electron chi connectivity index (χ2n) is 8.58. The number of hydrogen-bond acceptors (Lipinski definition) is 3. The lowest BCUT2D eigenvalue weighted by molar-refractivity contribution is -0.137. The fraction of sp³-hybridized carbons (Fsp3) is 0.360. The highest BCUT2D eigenvalue weighted by molar-refractivity contribution is 5.27. The minimum Gasteiger partial charge on any atom is -0.294 e. The van der Waals surface area contributed by atoms with Gasteiger partial charge in [0.25, 0.3) is 5.56 Å². The van der Waals surface area contributed by atoms with Crippen molar-refractivity contribution in [3.05, 3.63) is 98.7 Å². The summed E-state index contributed by atoms with van der Waals surface area (Å²) in [4.78, 5) is 20.4. The molecule has 0 amide bonds. The molecule has 0 atom stereocenters. The Bertz CT molecular complexity index is 1140. The number of fused-ring (bicyclic) bond motifs is 1. The number of halogens is 3. The summed E-state index contributed by atoms with van der Waals surface area (Å²) in [5, 5.41) is 0. The fourth-order valence-electron chi connectivity index (χ4n) is 4.14. The topological polar surface area (TPSA) is 38.1 Å². The van der Waals surface area contributed by atoms with E-state index in [-0.39, 0.29) is 11.5 Å². The third-order valence-corrected chi connectivity index (χ3v) is 5.81. The number of alkyl halides is 3. The summed E-state index contributed by atoms with van der Waals surface area (Å²) in [6.07, 6.45) is -3.69. The van der Waals surface area contributed by atoms with Crippen molar-refractivity contribution in [1.29, 1.82) is 0 Å². The van der Waals surface area contributed by atoms with Crippen LogP contribution in [0.25, 0.3) is 0 Å². The van der Waals surface area contributed by atoms with Crippen LogP contribution >= 0.6 is 0 Å². The molecular weight excluding hydrogens is 415 g/mol. The van der Waals surface area contributed by atoms with Crippen LogP contribution in [0, 0.1) is 0 Å². The predicted molar refractivity (Wildman–Crippen MR) is 117 cm³/mol. The smallest absolute Gasteiger partial charge is 0.294 e. The first kappa shape index (κ1) is 22.3. The number of benzene rings is 2. The summed E-state index contributed by atoms with van der Waals surface area (Å²) in [7, 11) is 0. The molecule has 0 N–H and O–H groups in total. The highest BCUT2D eigenvalue weighted by atomic mass is 19.4. The zero-order valence-corrected chi connectivity index (χ0v) is 18.2. The van der Waals surface area contributed by atoms with E-state index in [9.17, 15) is 18.0 Å². The third-order valence-electron chi connectivity index (χ3n) is 5.81. The van der Waals surface area contributed by atoms with E-state index in [1.54, 1.807) is 4.57 Å². The number of aromatic nitrogens is 2. The van der Waals surface area contributed by atoms with Gasteiger partial charge in [-0.25, -0.2) is 4.98 Å². The van der Waals surface area contributed by atoms with E-state index in [2.05, 4.69) is 4.90 Å². The molecule has 0 bridgehead atoms. The van der Waals surface area contributed by atoms with E-state index in [0.717, 1.165) is 34.8 Å². The van der Waals surface area contributed by atoms with Crippen LogP contribution in [0.4, 0.5) is 13.2 Å². The van der Waals surface area contributed by atoms with Gasteiger partial charge in [-0.15, -0.1) is 0 Å². The zero-order valence-electron chi connectivity index (χ0n) is 18.2. The molecule has 4 rings (SSSR count). The Hall–Kier alpha value is -2.93. The van der Waals surface area contributed by atoms with Crippen LogP contribution in [0.3, 0.4) is 0 Å². The van der Waals surface area contributed by atoms with Gasteiger partial charge in [-0.2, -0.15) is 13.2 Å². The van der Waals surface area contributed by atoms with Crippen LogP contribution in [0.5, 0.6) is 0 Å². The average Bonchev–Trinajstić information content (AvgIpc) is 2.76. The van der Waals surface area contributed by atoms with Crippen LogP contribution in [0.1, 0.15) is 53.5 Å². The van der Waals surface area contributed by atoms with E-state index in [1.807, 2.05) is 44.2 Å². The van der Waals surface area contributed by atoms with Gasteiger partial charge in [0.2, 0.25) is 0 Å². The summed E-state index contributed by atoms with van der Waals surface area (Å²) >= 11 is 0. The lowest BCUT2D eigenvalue weighted by Crippen LogP contribution is -2.39. The molecule has 0 unspecified atom stereocenters. The Morgan fingerprint density at radius 3 is 2.25 bits per heavy atom. The van der Waals surface area contributed by atoms with E-state index >= 15 is 0 Å². The molecule has 3 aromatic rings. The zero-order chi connectivity index (χ0) is 22.9. The van der Waals surface area contributed by atoms with Crippen molar-refractivity contribution in [3.8, 4) is 0 Å². The first-order valence-corrected chi connectivity index (χ1v) is 10.8. The molecule has 4 nitrogen and oxygen atoms in total.